The number of amides is 1. The molecule has 7 nitrogen and oxygen atoms in total. The van der Waals surface area contributed by atoms with Crippen LogP contribution >= 0.6 is 33.9 Å². The first-order valence-corrected chi connectivity index (χ1v) is 9.46. The molecule has 0 radical (unpaired) electrons. The summed E-state index contributed by atoms with van der Waals surface area (Å²) in [6, 6.07) is 12.9. The maximum absolute atomic E-state index is 12.6. The summed E-state index contributed by atoms with van der Waals surface area (Å²) in [5.74, 6) is 0.382. The summed E-state index contributed by atoms with van der Waals surface area (Å²) in [6.07, 6.45) is 1.55. The van der Waals surface area contributed by atoms with Crippen molar-refractivity contribution in [1.29, 1.82) is 0 Å². The average molecular weight is 477 g/mol. The number of aromatic nitrogens is 4. The molecule has 0 atom stereocenters. The predicted octanol–water partition coefficient (Wildman–Crippen LogP) is 3.72. The van der Waals surface area contributed by atoms with Crippen molar-refractivity contribution in [2.45, 2.75) is 0 Å². The maximum Gasteiger partial charge on any atom is 0.255 e. The summed E-state index contributed by atoms with van der Waals surface area (Å²) >= 11 is 3.60. The molecule has 2 heterocycles. The molecule has 0 unspecified atom stereocenters. The fourth-order valence-corrected chi connectivity index (χ4v) is 3.80. The molecule has 0 fully saturated rings. The quantitative estimate of drug-likeness (QED) is 0.454. The molecular weight excluding hydrogens is 465 g/mol. The number of hydrogen-bond acceptors (Lipinski definition) is 6. The van der Waals surface area contributed by atoms with Gasteiger partial charge in [0.2, 0.25) is 4.96 Å². The number of methoxy groups -OCH3 is 1. The van der Waals surface area contributed by atoms with Crippen LogP contribution in [0, 0.1) is 3.57 Å². The SMILES string of the molecule is COc1ccc(-c2nn3cnnc3s2)cc1NC(=O)c1cccc(I)c1. The van der Waals surface area contributed by atoms with E-state index in [1.807, 2.05) is 36.4 Å². The molecule has 0 bridgehead atoms. The van der Waals surface area contributed by atoms with Crippen LogP contribution in [0.1, 0.15) is 10.4 Å². The number of ether oxygens (including phenoxy) is 1. The number of anilines is 1. The third-order valence-electron chi connectivity index (χ3n) is 3.67. The van der Waals surface area contributed by atoms with Crippen LogP contribution in [0.25, 0.3) is 15.5 Å². The van der Waals surface area contributed by atoms with E-state index in [0.717, 1.165) is 14.1 Å². The number of carbonyl (C=O) groups is 1. The van der Waals surface area contributed by atoms with Crippen molar-refractivity contribution in [2.75, 3.05) is 12.4 Å². The molecule has 9 heteroatoms. The number of benzene rings is 2. The molecule has 4 rings (SSSR count). The minimum absolute atomic E-state index is 0.197. The predicted molar refractivity (Wildman–Crippen MR) is 108 cm³/mol. The minimum Gasteiger partial charge on any atom is -0.495 e. The fourth-order valence-electron chi connectivity index (χ4n) is 2.44. The molecule has 0 saturated heterocycles. The second kappa shape index (κ2) is 7.00. The number of fused-ring (bicyclic) bond motifs is 1. The summed E-state index contributed by atoms with van der Waals surface area (Å²) in [5, 5.41) is 15.9. The van der Waals surface area contributed by atoms with E-state index in [4.69, 9.17) is 4.74 Å². The van der Waals surface area contributed by atoms with Gasteiger partial charge in [0.25, 0.3) is 5.91 Å². The van der Waals surface area contributed by atoms with Crippen LogP contribution in [-0.4, -0.2) is 32.8 Å². The number of carbonyl (C=O) groups excluding carboxylic acids is 1. The lowest BCUT2D eigenvalue weighted by molar-refractivity contribution is 0.102. The summed E-state index contributed by atoms with van der Waals surface area (Å²) < 4.78 is 8.00. The Balaban J connectivity index is 1.68. The summed E-state index contributed by atoms with van der Waals surface area (Å²) in [6.45, 7) is 0. The van der Waals surface area contributed by atoms with Crippen LogP contribution < -0.4 is 10.1 Å². The normalized spacial score (nSPS) is 10.8. The summed E-state index contributed by atoms with van der Waals surface area (Å²) in [7, 11) is 1.57. The number of nitrogens with one attached hydrogen (secondary N) is 1. The zero-order valence-electron chi connectivity index (χ0n) is 13.5. The highest BCUT2D eigenvalue weighted by Crippen LogP contribution is 2.32. The number of rotatable bonds is 4. The molecule has 2 aromatic carbocycles. The Bertz CT molecular complexity index is 1080. The molecule has 4 aromatic rings. The van der Waals surface area contributed by atoms with Gasteiger partial charge in [-0.1, -0.05) is 17.4 Å². The first-order chi connectivity index (χ1) is 12.6. The van der Waals surface area contributed by atoms with E-state index in [-0.39, 0.29) is 5.91 Å². The van der Waals surface area contributed by atoms with Gasteiger partial charge in [-0.2, -0.15) is 9.61 Å². The van der Waals surface area contributed by atoms with Crippen molar-refractivity contribution in [1.82, 2.24) is 19.8 Å². The largest absolute Gasteiger partial charge is 0.495 e. The molecule has 26 heavy (non-hydrogen) atoms. The minimum atomic E-state index is -0.197. The van der Waals surface area contributed by atoms with E-state index >= 15 is 0 Å². The van der Waals surface area contributed by atoms with Crippen LogP contribution in [-0.2, 0) is 0 Å². The van der Waals surface area contributed by atoms with Gasteiger partial charge >= 0.3 is 0 Å². The lowest BCUT2D eigenvalue weighted by Gasteiger charge is -2.11. The first kappa shape index (κ1) is 16.9. The van der Waals surface area contributed by atoms with Gasteiger partial charge in [-0.3, -0.25) is 4.79 Å². The Morgan fingerprint density at radius 2 is 2.15 bits per heavy atom. The lowest BCUT2D eigenvalue weighted by atomic mass is 10.1. The van der Waals surface area contributed by atoms with Crippen molar-refractivity contribution in [3.63, 3.8) is 0 Å². The zero-order chi connectivity index (χ0) is 18.1. The second-order valence-electron chi connectivity index (χ2n) is 5.34. The van der Waals surface area contributed by atoms with E-state index in [2.05, 4.69) is 43.2 Å². The third kappa shape index (κ3) is 3.27. The summed E-state index contributed by atoms with van der Waals surface area (Å²) in [4.78, 5) is 13.3. The average Bonchev–Trinajstić information content (AvgIpc) is 3.23. The maximum atomic E-state index is 12.6. The third-order valence-corrected chi connectivity index (χ3v) is 5.30. The molecule has 130 valence electrons. The van der Waals surface area contributed by atoms with E-state index < -0.39 is 0 Å². The summed E-state index contributed by atoms with van der Waals surface area (Å²) in [5.41, 5.74) is 2.03. The van der Waals surface area contributed by atoms with Crippen LogP contribution in [0.5, 0.6) is 5.75 Å². The van der Waals surface area contributed by atoms with E-state index in [1.165, 1.54) is 11.3 Å². The Hall–Kier alpha value is -2.53. The Morgan fingerprint density at radius 1 is 1.27 bits per heavy atom. The molecular formula is C17H12IN5O2S. The highest BCUT2D eigenvalue weighted by Gasteiger charge is 2.14. The van der Waals surface area contributed by atoms with E-state index in [1.54, 1.807) is 24.0 Å². The van der Waals surface area contributed by atoms with Crippen LogP contribution in [0.15, 0.2) is 48.8 Å². The Morgan fingerprint density at radius 3 is 2.92 bits per heavy atom. The first-order valence-electron chi connectivity index (χ1n) is 7.56. The topological polar surface area (TPSA) is 81.4 Å². The number of halogens is 1. The van der Waals surface area contributed by atoms with Crippen LogP contribution in [0.4, 0.5) is 5.69 Å². The molecule has 0 aliphatic rings. The van der Waals surface area contributed by atoms with Gasteiger partial charge < -0.3 is 10.1 Å². The lowest BCUT2D eigenvalue weighted by Crippen LogP contribution is -2.12. The van der Waals surface area contributed by atoms with Gasteiger partial charge in [0.05, 0.1) is 12.8 Å². The fraction of sp³-hybridized carbons (Fsp3) is 0.0588. The Kier molecular flexibility index (Phi) is 4.55. The standard InChI is InChI=1S/C17H12IN5O2S/c1-25-14-6-5-11(16-22-23-9-19-21-17(23)26-16)8-13(14)20-15(24)10-3-2-4-12(18)7-10/h2-9H,1H3,(H,20,24). The van der Waals surface area contributed by atoms with Gasteiger partial charge in [-0.15, -0.1) is 10.2 Å². The molecule has 1 N–H and O–H groups in total. The molecule has 0 spiro atoms. The molecule has 0 saturated carbocycles. The zero-order valence-corrected chi connectivity index (χ0v) is 16.5. The highest BCUT2D eigenvalue weighted by atomic mass is 127. The van der Waals surface area contributed by atoms with Crippen LogP contribution in [0.3, 0.4) is 0 Å². The van der Waals surface area contributed by atoms with Gasteiger partial charge in [0, 0.05) is 14.7 Å². The second-order valence-corrected chi connectivity index (χ2v) is 7.55. The van der Waals surface area contributed by atoms with E-state index in [9.17, 15) is 4.79 Å². The molecule has 0 aliphatic carbocycles. The molecule has 2 aromatic heterocycles. The smallest absolute Gasteiger partial charge is 0.255 e. The van der Waals surface area contributed by atoms with Crippen molar-refractivity contribution in [3.8, 4) is 16.3 Å². The molecule has 0 aliphatic heterocycles. The van der Waals surface area contributed by atoms with E-state index in [0.29, 0.717) is 22.0 Å². The van der Waals surface area contributed by atoms with Gasteiger partial charge in [0.15, 0.2) is 0 Å². The molecule has 1 amide bonds. The van der Waals surface area contributed by atoms with Gasteiger partial charge in [-0.05, 0) is 59.0 Å². The van der Waals surface area contributed by atoms with Crippen molar-refractivity contribution in [2.24, 2.45) is 0 Å². The monoisotopic (exact) mass is 477 g/mol. The highest BCUT2D eigenvalue weighted by molar-refractivity contribution is 14.1. The number of nitrogens with zero attached hydrogens (tertiary/aromatic N) is 4. The van der Waals surface area contributed by atoms with Gasteiger partial charge in [-0.25, -0.2) is 0 Å². The Labute approximate surface area is 166 Å². The van der Waals surface area contributed by atoms with Gasteiger partial charge in [0.1, 0.15) is 17.1 Å². The number of hydrogen-bond donors (Lipinski definition) is 1. The van der Waals surface area contributed by atoms with Crippen molar-refractivity contribution in [3.05, 3.63) is 57.9 Å². The van der Waals surface area contributed by atoms with Crippen LogP contribution in [0.2, 0.25) is 0 Å². The van der Waals surface area contributed by atoms with Crippen molar-refractivity contribution < 1.29 is 9.53 Å². The van der Waals surface area contributed by atoms with Crippen molar-refractivity contribution >= 4 is 50.5 Å².